The van der Waals surface area contributed by atoms with Crippen LogP contribution in [0.4, 0.5) is 0 Å². The number of hydrogen-bond acceptors (Lipinski definition) is 5. The van der Waals surface area contributed by atoms with E-state index in [9.17, 15) is 4.79 Å². The Kier molecular flexibility index (Phi) is 3.87. The third-order valence-corrected chi connectivity index (χ3v) is 5.74. The lowest BCUT2D eigenvalue weighted by Gasteiger charge is -2.23. The minimum atomic E-state index is -0.167. The Labute approximate surface area is 140 Å². The SMILES string of the molecule is O=C1N(Cc2cccnc2)CC[C@]12CCN(Cc1nccs1)C2. The summed E-state index contributed by atoms with van der Waals surface area (Å²) in [5.74, 6) is 0.322. The Morgan fingerprint density at radius 1 is 1.22 bits per heavy atom. The van der Waals surface area contributed by atoms with Crippen molar-refractivity contribution in [1.29, 1.82) is 0 Å². The van der Waals surface area contributed by atoms with Gasteiger partial charge in [-0.2, -0.15) is 0 Å². The minimum absolute atomic E-state index is 0.167. The number of rotatable bonds is 4. The molecule has 1 amide bonds. The highest BCUT2D eigenvalue weighted by atomic mass is 32.1. The summed E-state index contributed by atoms with van der Waals surface area (Å²) in [5, 5.41) is 3.15. The molecule has 2 aliphatic rings. The summed E-state index contributed by atoms with van der Waals surface area (Å²) < 4.78 is 0. The fourth-order valence-corrected chi connectivity index (χ4v) is 4.41. The van der Waals surface area contributed by atoms with Crippen molar-refractivity contribution >= 4 is 17.2 Å². The lowest BCUT2D eigenvalue weighted by atomic mass is 9.85. The van der Waals surface area contributed by atoms with Crippen molar-refractivity contribution in [3.63, 3.8) is 0 Å². The van der Waals surface area contributed by atoms with Gasteiger partial charge in [0.25, 0.3) is 0 Å². The van der Waals surface area contributed by atoms with Crippen molar-refractivity contribution in [2.45, 2.75) is 25.9 Å². The number of nitrogens with zero attached hydrogens (tertiary/aromatic N) is 4. The number of hydrogen-bond donors (Lipinski definition) is 0. The van der Waals surface area contributed by atoms with E-state index in [0.29, 0.717) is 12.5 Å². The molecule has 0 radical (unpaired) electrons. The average molecular weight is 328 g/mol. The van der Waals surface area contributed by atoms with Crippen molar-refractivity contribution in [1.82, 2.24) is 19.8 Å². The monoisotopic (exact) mass is 328 g/mol. The zero-order valence-corrected chi connectivity index (χ0v) is 13.8. The van der Waals surface area contributed by atoms with Gasteiger partial charge in [0.1, 0.15) is 5.01 Å². The number of carbonyl (C=O) groups excluding carboxylic acids is 1. The van der Waals surface area contributed by atoms with E-state index in [0.717, 1.165) is 49.6 Å². The smallest absolute Gasteiger partial charge is 0.230 e. The summed E-state index contributed by atoms with van der Waals surface area (Å²) in [6.07, 6.45) is 7.41. The molecule has 5 nitrogen and oxygen atoms in total. The first-order valence-corrected chi connectivity index (χ1v) is 8.92. The first-order chi connectivity index (χ1) is 11.3. The summed E-state index contributed by atoms with van der Waals surface area (Å²) in [6, 6.07) is 3.96. The van der Waals surface area contributed by atoms with E-state index in [1.54, 1.807) is 17.5 Å². The summed E-state index contributed by atoms with van der Waals surface area (Å²) in [4.78, 5) is 25.8. The molecular weight excluding hydrogens is 308 g/mol. The van der Waals surface area contributed by atoms with E-state index in [1.807, 2.05) is 34.8 Å². The Morgan fingerprint density at radius 2 is 2.13 bits per heavy atom. The van der Waals surface area contributed by atoms with Crippen molar-refractivity contribution in [3.05, 3.63) is 46.7 Å². The third-order valence-electron chi connectivity index (χ3n) is 4.97. The minimum Gasteiger partial charge on any atom is -0.338 e. The van der Waals surface area contributed by atoms with E-state index in [4.69, 9.17) is 0 Å². The predicted molar refractivity (Wildman–Crippen MR) is 88.7 cm³/mol. The summed E-state index contributed by atoms with van der Waals surface area (Å²) >= 11 is 1.69. The fourth-order valence-electron chi connectivity index (χ4n) is 3.75. The van der Waals surface area contributed by atoms with Gasteiger partial charge < -0.3 is 4.90 Å². The average Bonchev–Trinajstić information content (AvgIpc) is 3.28. The van der Waals surface area contributed by atoms with Crippen LogP contribution in [-0.4, -0.2) is 45.3 Å². The molecule has 120 valence electrons. The van der Waals surface area contributed by atoms with E-state index >= 15 is 0 Å². The molecule has 0 aromatic carbocycles. The van der Waals surface area contributed by atoms with Gasteiger partial charge >= 0.3 is 0 Å². The van der Waals surface area contributed by atoms with E-state index in [1.165, 1.54) is 0 Å². The zero-order valence-electron chi connectivity index (χ0n) is 13.0. The summed E-state index contributed by atoms with van der Waals surface area (Å²) in [5.41, 5.74) is 0.940. The molecule has 1 atom stereocenters. The first-order valence-electron chi connectivity index (χ1n) is 8.04. The summed E-state index contributed by atoms with van der Waals surface area (Å²) in [7, 11) is 0. The molecule has 23 heavy (non-hydrogen) atoms. The maximum absolute atomic E-state index is 12.9. The van der Waals surface area contributed by atoms with Gasteiger partial charge in [-0.25, -0.2) is 4.98 Å². The van der Waals surface area contributed by atoms with Gasteiger partial charge in [-0.1, -0.05) is 6.07 Å². The van der Waals surface area contributed by atoms with Crippen LogP contribution in [0.1, 0.15) is 23.4 Å². The van der Waals surface area contributed by atoms with Crippen LogP contribution in [0, 0.1) is 5.41 Å². The van der Waals surface area contributed by atoms with Crippen molar-refractivity contribution in [2.75, 3.05) is 19.6 Å². The van der Waals surface area contributed by atoms with Crippen LogP contribution >= 0.6 is 11.3 Å². The Morgan fingerprint density at radius 3 is 2.91 bits per heavy atom. The van der Waals surface area contributed by atoms with Crippen molar-refractivity contribution < 1.29 is 4.79 Å². The lowest BCUT2D eigenvalue weighted by Crippen LogP contribution is -2.36. The lowest BCUT2D eigenvalue weighted by molar-refractivity contribution is -0.136. The summed E-state index contributed by atoms with van der Waals surface area (Å²) in [6.45, 7) is 4.27. The molecule has 0 unspecified atom stereocenters. The molecule has 1 spiro atoms. The second-order valence-electron chi connectivity index (χ2n) is 6.50. The predicted octanol–water partition coefficient (Wildman–Crippen LogP) is 2.16. The van der Waals surface area contributed by atoms with Crippen LogP contribution in [-0.2, 0) is 17.9 Å². The van der Waals surface area contributed by atoms with E-state index in [2.05, 4.69) is 14.9 Å². The van der Waals surface area contributed by atoms with Gasteiger partial charge in [0.15, 0.2) is 0 Å². The molecule has 2 saturated heterocycles. The van der Waals surface area contributed by atoms with Crippen LogP contribution < -0.4 is 0 Å². The largest absolute Gasteiger partial charge is 0.338 e. The molecule has 2 fully saturated rings. The molecule has 2 aromatic heterocycles. The van der Waals surface area contributed by atoms with Crippen LogP contribution in [0.25, 0.3) is 0 Å². The molecule has 0 bridgehead atoms. The number of likely N-dealkylation sites (tertiary alicyclic amines) is 2. The topological polar surface area (TPSA) is 49.3 Å². The Hall–Kier alpha value is -1.79. The van der Waals surface area contributed by atoms with Gasteiger partial charge in [-0.3, -0.25) is 14.7 Å². The Bertz CT molecular complexity index is 675. The van der Waals surface area contributed by atoms with Gasteiger partial charge in [0.05, 0.1) is 12.0 Å². The van der Waals surface area contributed by atoms with Crippen molar-refractivity contribution in [3.8, 4) is 0 Å². The third kappa shape index (κ3) is 2.88. The molecule has 6 heteroatoms. The molecule has 4 heterocycles. The highest BCUT2D eigenvalue weighted by molar-refractivity contribution is 7.09. The molecule has 2 aliphatic heterocycles. The highest BCUT2D eigenvalue weighted by Gasteiger charge is 2.50. The van der Waals surface area contributed by atoms with Gasteiger partial charge in [-0.15, -0.1) is 11.3 Å². The van der Waals surface area contributed by atoms with Gasteiger partial charge in [-0.05, 0) is 31.0 Å². The van der Waals surface area contributed by atoms with E-state index in [-0.39, 0.29) is 5.41 Å². The molecule has 0 N–H and O–H groups in total. The van der Waals surface area contributed by atoms with Gasteiger partial charge in [0, 0.05) is 43.6 Å². The molecular formula is C17H20N4OS. The van der Waals surface area contributed by atoms with Crippen LogP contribution in [0.15, 0.2) is 36.1 Å². The number of carbonyl (C=O) groups is 1. The maximum atomic E-state index is 12.9. The van der Waals surface area contributed by atoms with Crippen molar-refractivity contribution in [2.24, 2.45) is 5.41 Å². The second-order valence-corrected chi connectivity index (χ2v) is 7.48. The van der Waals surface area contributed by atoms with Crippen LogP contribution in [0.3, 0.4) is 0 Å². The number of aromatic nitrogens is 2. The zero-order chi connectivity index (χ0) is 15.7. The highest BCUT2D eigenvalue weighted by Crippen LogP contribution is 2.41. The second kappa shape index (κ2) is 6.02. The molecule has 4 rings (SSSR count). The van der Waals surface area contributed by atoms with Gasteiger partial charge in [0.2, 0.25) is 5.91 Å². The molecule has 0 aliphatic carbocycles. The normalized spacial score (nSPS) is 24.9. The first kappa shape index (κ1) is 14.8. The molecule has 2 aromatic rings. The number of thiazole rings is 1. The quantitative estimate of drug-likeness (QED) is 0.863. The standard InChI is InChI=1S/C17H20N4OS/c22-16-17(3-7-20(13-17)12-15-19-6-9-23-15)4-8-21(16)11-14-2-1-5-18-10-14/h1-2,5-6,9-10H,3-4,7-8,11-13H2/t17-/m0/s1. The number of amides is 1. The van der Waals surface area contributed by atoms with E-state index < -0.39 is 0 Å². The number of pyridine rings is 1. The molecule has 0 saturated carbocycles. The fraction of sp³-hybridized carbons (Fsp3) is 0.471. The maximum Gasteiger partial charge on any atom is 0.230 e. The Balaban J connectivity index is 1.41. The van der Waals surface area contributed by atoms with Crippen LogP contribution in [0.5, 0.6) is 0 Å². The van der Waals surface area contributed by atoms with Crippen LogP contribution in [0.2, 0.25) is 0 Å².